The Labute approximate surface area is 57.4 Å². The predicted octanol–water partition coefficient (Wildman–Crippen LogP) is 1.97. The Morgan fingerprint density at radius 1 is 1.44 bits per heavy atom. The van der Waals surface area contributed by atoms with E-state index in [1.807, 2.05) is 0 Å². The first-order chi connectivity index (χ1) is 4.31. The summed E-state index contributed by atoms with van der Waals surface area (Å²) in [7, 11) is 0. The van der Waals surface area contributed by atoms with Crippen LogP contribution in [-0.4, -0.2) is 11.7 Å². The monoisotopic (exact) mass is 128 g/mol. The minimum atomic E-state index is 0.250. The first-order valence-corrected chi connectivity index (χ1v) is 3.57. The van der Waals surface area contributed by atoms with E-state index in [2.05, 4.69) is 19.1 Å². The van der Waals surface area contributed by atoms with Crippen LogP contribution in [0.25, 0.3) is 0 Å². The second-order valence-corrected chi connectivity index (χ2v) is 2.36. The molecule has 1 aliphatic rings. The van der Waals surface area contributed by atoms with Crippen LogP contribution in [0.4, 0.5) is 0 Å². The second kappa shape index (κ2) is 5.83. The second-order valence-electron chi connectivity index (χ2n) is 2.36. The van der Waals surface area contributed by atoms with E-state index in [0.717, 1.165) is 5.92 Å². The van der Waals surface area contributed by atoms with Crippen LogP contribution in [0.15, 0.2) is 12.2 Å². The average Bonchev–Trinajstić information content (AvgIpc) is 2.20. The van der Waals surface area contributed by atoms with Crippen molar-refractivity contribution in [1.82, 2.24) is 0 Å². The molecule has 1 nitrogen and oxygen atoms in total. The van der Waals surface area contributed by atoms with E-state index in [0.29, 0.717) is 0 Å². The van der Waals surface area contributed by atoms with Crippen LogP contribution in [-0.2, 0) is 0 Å². The number of aliphatic hydroxyl groups excluding tert-OH is 1. The Bertz CT molecular complexity index is 68.6. The summed E-state index contributed by atoms with van der Waals surface area (Å²) >= 11 is 0. The topological polar surface area (TPSA) is 20.2 Å². The first-order valence-electron chi connectivity index (χ1n) is 3.57. The maximum absolute atomic E-state index is 7.57. The Morgan fingerprint density at radius 3 is 1.89 bits per heavy atom. The molecule has 0 unspecified atom stereocenters. The Hall–Kier alpha value is -0.300. The average molecular weight is 128 g/mol. The standard InChI is InChI=1S/C6H10.C2H6O/c1-6-4-2-3-5-6;1-2-3/h2-3,6H,4-5H2,1H3;3H,2H2,1H3. The van der Waals surface area contributed by atoms with Crippen molar-refractivity contribution in [2.75, 3.05) is 6.61 Å². The van der Waals surface area contributed by atoms with Gasteiger partial charge in [-0.1, -0.05) is 19.1 Å². The molecule has 0 radical (unpaired) electrons. The lowest BCUT2D eigenvalue weighted by Gasteiger charge is -1.92. The maximum atomic E-state index is 7.57. The highest BCUT2D eigenvalue weighted by Gasteiger charge is 1.99. The van der Waals surface area contributed by atoms with Gasteiger partial charge in [0.2, 0.25) is 0 Å². The van der Waals surface area contributed by atoms with Gasteiger partial charge in [-0.15, -0.1) is 0 Å². The molecule has 0 amide bonds. The Kier molecular flexibility index (Phi) is 5.64. The third-order valence-corrected chi connectivity index (χ3v) is 1.24. The molecule has 1 N–H and O–H groups in total. The lowest BCUT2D eigenvalue weighted by atomic mass is 10.1. The number of hydrogen-bond acceptors (Lipinski definition) is 1. The molecule has 0 aromatic heterocycles. The van der Waals surface area contributed by atoms with Gasteiger partial charge >= 0.3 is 0 Å². The molecule has 0 saturated heterocycles. The Balaban J connectivity index is 0.000000187. The molecule has 54 valence electrons. The summed E-state index contributed by atoms with van der Waals surface area (Å²) < 4.78 is 0. The predicted molar refractivity (Wildman–Crippen MR) is 40.3 cm³/mol. The molecule has 1 rings (SSSR count). The van der Waals surface area contributed by atoms with Crippen molar-refractivity contribution in [3.05, 3.63) is 12.2 Å². The van der Waals surface area contributed by atoms with Crippen molar-refractivity contribution >= 4 is 0 Å². The first kappa shape index (κ1) is 8.70. The van der Waals surface area contributed by atoms with Gasteiger partial charge in [-0.3, -0.25) is 0 Å². The summed E-state index contributed by atoms with van der Waals surface area (Å²) in [5.41, 5.74) is 0. The quantitative estimate of drug-likeness (QED) is 0.494. The molecule has 9 heavy (non-hydrogen) atoms. The van der Waals surface area contributed by atoms with E-state index < -0.39 is 0 Å². The zero-order chi connectivity index (χ0) is 7.11. The lowest BCUT2D eigenvalue weighted by molar-refractivity contribution is 0.318. The van der Waals surface area contributed by atoms with E-state index in [1.54, 1.807) is 6.92 Å². The van der Waals surface area contributed by atoms with E-state index in [4.69, 9.17) is 5.11 Å². The maximum Gasteiger partial charge on any atom is 0.0402 e. The van der Waals surface area contributed by atoms with Gasteiger partial charge in [-0.2, -0.15) is 0 Å². The van der Waals surface area contributed by atoms with E-state index in [-0.39, 0.29) is 6.61 Å². The number of rotatable bonds is 0. The molecular weight excluding hydrogens is 112 g/mol. The number of hydrogen-bond donors (Lipinski definition) is 1. The van der Waals surface area contributed by atoms with Gasteiger partial charge in [0.05, 0.1) is 0 Å². The zero-order valence-corrected chi connectivity index (χ0v) is 6.30. The summed E-state index contributed by atoms with van der Waals surface area (Å²) in [4.78, 5) is 0. The number of allylic oxidation sites excluding steroid dienone is 2. The van der Waals surface area contributed by atoms with Crippen LogP contribution in [0.3, 0.4) is 0 Å². The van der Waals surface area contributed by atoms with Crippen molar-refractivity contribution in [1.29, 1.82) is 0 Å². The molecule has 0 aliphatic heterocycles. The van der Waals surface area contributed by atoms with Gasteiger partial charge in [-0.05, 0) is 25.7 Å². The van der Waals surface area contributed by atoms with Gasteiger partial charge < -0.3 is 5.11 Å². The zero-order valence-electron chi connectivity index (χ0n) is 6.30. The van der Waals surface area contributed by atoms with Crippen molar-refractivity contribution in [2.24, 2.45) is 5.92 Å². The molecule has 0 heterocycles. The highest BCUT2D eigenvalue weighted by Crippen LogP contribution is 2.15. The molecule has 0 bridgehead atoms. The molecule has 0 spiro atoms. The van der Waals surface area contributed by atoms with Gasteiger partial charge in [0.1, 0.15) is 0 Å². The van der Waals surface area contributed by atoms with Crippen LogP contribution in [0.1, 0.15) is 26.7 Å². The normalized spacial score (nSPS) is 17.2. The van der Waals surface area contributed by atoms with Crippen LogP contribution in [0.5, 0.6) is 0 Å². The van der Waals surface area contributed by atoms with Crippen molar-refractivity contribution < 1.29 is 5.11 Å². The highest BCUT2D eigenvalue weighted by atomic mass is 16.2. The largest absolute Gasteiger partial charge is 0.397 e. The molecule has 0 fully saturated rings. The van der Waals surface area contributed by atoms with E-state index >= 15 is 0 Å². The summed E-state index contributed by atoms with van der Waals surface area (Å²) in [5, 5.41) is 7.57. The number of aliphatic hydroxyl groups is 1. The van der Waals surface area contributed by atoms with Crippen molar-refractivity contribution in [3.63, 3.8) is 0 Å². The van der Waals surface area contributed by atoms with Gasteiger partial charge in [0, 0.05) is 6.61 Å². The summed E-state index contributed by atoms with van der Waals surface area (Å²) in [6, 6.07) is 0. The fourth-order valence-electron chi connectivity index (χ4n) is 0.753. The van der Waals surface area contributed by atoms with E-state index in [1.165, 1.54) is 12.8 Å². The molecule has 0 aromatic rings. The van der Waals surface area contributed by atoms with Gasteiger partial charge in [0.15, 0.2) is 0 Å². The van der Waals surface area contributed by atoms with Crippen LogP contribution < -0.4 is 0 Å². The summed E-state index contributed by atoms with van der Waals surface area (Å²) in [5.74, 6) is 0.935. The molecule has 0 aromatic carbocycles. The molecule has 1 aliphatic carbocycles. The highest BCUT2D eigenvalue weighted by molar-refractivity contribution is 4.92. The minimum absolute atomic E-state index is 0.250. The summed E-state index contributed by atoms with van der Waals surface area (Å²) in [6.45, 7) is 4.21. The van der Waals surface area contributed by atoms with Crippen LogP contribution in [0.2, 0.25) is 0 Å². The third kappa shape index (κ3) is 5.57. The van der Waals surface area contributed by atoms with Crippen LogP contribution in [0, 0.1) is 5.92 Å². The molecule has 0 saturated carbocycles. The minimum Gasteiger partial charge on any atom is -0.397 e. The SMILES string of the molecule is CC1CC=CC1.CCO. The smallest absolute Gasteiger partial charge is 0.0402 e. The summed E-state index contributed by atoms with van der Waals surface area (Å²) in [6.07, 6.45) is 7.12. The van der Waals surface area contributed by atoms with Crippen molar-refractivity contribution in [2.45, 2.75) is 26.7 Å². The van der Waals surface area contributed by atoms with Gasteiger partial charge in [0.25, 0.3) is 0 Å². The third-order valence-electron chi connectivity index (χ3n) is 1.24. The fourth-order valence-corrected chi connectivity index (χ4v) is 0.753. The molecule has 0 atom stereocenters. The van der Waals surface area contributed by atoms with Gasteiger partial charge in [-0.25, -0.2) is 0 Å². The lowest BCUT2D eigenvalue weighted by Crippen LogP contribution is -1.79. The molecule has 1 heteroatoms. The Morgan fingerprint density at radius 2 is 1.78 bits per heavy atom. The molecular formula is C8H16O. The van der Waals surface area contributed by atoms with Crippen LogP contribution >= 0.6 is 0 Å². The van der Waals surface area contributed by atoms with E-state index in [9.17, 15) is 0 Å². The van der Waals surface area contributed by atoms with Crippen molar-refractivity contribution in [3.8, 4) is 0 Å². The fraction of sp³-hybridized carbons (Fsp3) is 0.750.